The maximum atomic E-state index is 5.19. The molecule has 0 bridgehead atoms. The molecule has 3 N–H and O–H groups in total. The second kappa shape index (κ2) is 6.88. The summed E-state index contributed by atoms with van der Waals surface area (Å²) < 4.78 is 4.97. The highest BCUT2D eigenvalue weighted by Gasteiger charge is 1.79. The van der Waals surface area contributed by atoms with Crippen LogP contribution < -0.4 is 11.1 Å². The lowest BCUT2D eigenvalue weighted by molar-refractivity contribution is 0.130. The lowest BCUT2D eigenvalue weighted by Gasteiger charge is -2.00. The van der Waals surface area contributed by atoms with E-state index in [2.05, 4.69) is 5.32 Å². The monoisotopic (exact) mass is 118 g/mol. The Hall–Kier alpha value is -0.120. The molecule has 0 spiro atoms. The van der Waals surface area contributed by atoms with Crippen molar-refractivity contribution in [1.82, 2.24) is 5.32 Å². The molecule has 0 atom stereocenters. The van der Waals surface area contributed by atoms with Crippen LogP contribution in [-0.4, -0.2) is 26.4 Å². The van der Waals surface area contributed by atoms with E-state index in [-0.39, 0.29) is 0 Å². The molecular weight excluding hydrogens is 104 g/mol. The third kappa shape index (κ3) is 5.88. The molecule has 0 aromatic heterocycles. The van der Waals surface area contributed by atoms with Crippen molar-refractivity contribution in [2.75, 3.05) is 26.4 Å². The van der Waals surface area contributed by atoms with Gasteiger partial charge in [-0.3, -0.25) is 5.32 Å². The molecule has 3 heteroatoms. The zero-order valence-electron chi connectivity index (χ0n) is 5.31. The highest BCUT2D eigenvalue weighted by atomic mass is 16.5. The van der Waals surface area contributed by atoms with Crippen molar-refractivity contribution >= 4 is 0 Å². The van der Waals surface area contributed by atoms with E-state index < -0.39 is 0 Å². The molecule has 0 aromatic rings. The van der Waals surface area contributed by atoms with E-state index >= 15 is 0 Å². The van der Waals surface area contributed by atoms with Crippen LogP contribution >= 0.6 is 0 Å². The fourth-order valence-corrected chi connectivity index (χ4v) is 0.348. The van der Waals surface area contributed by atoms with Gasteiger partial charge in [-0.05, 0) is 6.92 Å². The minimum atomic E-state index is 0.619. The Morgan fingerprint density at radius 2 is 2.38 bits per heavy atom. The molecule has 0 aliphatic heterocycles. The van der Waals surface area contributed by atoms with Gasteiger partial charge in [0.15, 0.2) is 0 Å². The van der Waals surface area contributed by atoms with Crippen LogP contribution in [0.1, 0.15) is 6.92 Å². The Morgan fingerprint density at radius 1 is 1.62 bits per heavy atom. The Labute approximate surface area is 50.2 Å². The average Bonchev–Trinajstić information content (AvgIpc) is 1.81. The van der Waals surface area contributed by atoms with Crippen LogP contribution in [0.3, 0.4) is 0 Å². The van der Waals surface area contributed by atoms with Gasteiger partial charge in [0.2, 0.25) is 0 Å². The molecule has 0 aromatic carbocycles. The number of hydrogen-bond acceptors (Lipinski definition) is 3. The highest BCUT2D eigenvalue weighted by molar-refractivity contribution is 4.37. The van der Waals surface area contributed by atoms with E-state index in [1.807, 2.05) is 6.92 Å². The molecule has 0 fully saturated rings. The minimum absolute atomic E-state index is 0.619. The molecule has 3 nitrogen and oxygen atoms in total. The maximum Gasteiger partial charge on any atom is 0.0965 e. The van der Waals surface area contributed by atoms with Crippen molar-refractivity contribution in [3.8, 4) is 0 Å². The van der Waals surface area contributed by atoms with Gasteiger partial charge < -0.3 is 10.5 Å². The van der Waals surface area contributed by atoms with Gasteiger partial charge in [-0.25, -0.2) is 0 Å². The topological polar surface area (TPSA) is 47.3 Å². The summed E-state index contributed by atoms with van der Waals surface area (Å²) in [6.45, 7) is 4.85. The van der Waals surface area contributed by atoms with Gasteiger partial charge in [-0.15, -0.1) is 0 Å². The Bertz CT molecular complexity index is 35.4. The molecule has 0 radical (unpaired) electrons. The molecule has 0 aliphatic rings. The second-order valence-corrected chi connectivity index (χ2v) is 1.43. The predicted molar refractivity (Wildman–Crippen MR) is 33.6 cm³/mol. The van der Waals surface area contributed by atoms with Crippen molar-refractivity contribution in [1.29, 1.82) is 0 Å². The van der Waals surface area contributed by atoms with E-state index in [0.717, 1.165) is 13.2 Å². The first-order chi connectivity index (χ1) is 3.91. The van der Waals surface area contributed by atoms with E-state index in [1.54, 1.807) is 0 Å². The van der Waals surface area contributed by atoms with Crippen molar-refractivity contribution in [2.24, 2.45) is 5.73 Å². The summed E-state index contributed by atoms with van der Waals surface area (Å²) in [5.74, 6) is 0. The quantitative estimate of drug-likeness (QED) is 0.379. The SMILES string of the molecule is CCOCNCCN. The van der Waals surface area contributed by atoms with Crippen LogP contribution in [0, 0.1) is 0 Å². The summed E-state index contributed by atoms with van der Waals surface area (Å²) >= 11 is 0. The van der Waals surface area contributed by atoms with Crippen molar-refractivity contribution in [2.45, 2.75) is 6.92 Å². The number of hydrogen-bond donors (Lipinski definition) is 2. The van der Waals surface area contributed by atoms with E-state index in [9.17, 15) is 0 Å². The normalized spacial score (nSPS) is 9.75. The molecule has 0 heterocycles. The highest BCUT2D eigenvalue weighted by Crippen LogP contribution is 1.64. The lowest BCUT2D eigenvalue weighted by Crippen LogP contribution is -2.24. The summed E-state index contributed by atoms with van der Waals surface area (Å²) in [6, 6.07) is 0. The summed E-state index contributed by atoms with van der Waals surface area (Å²) in [4.78, 5) is 0. The van der Waals surface area contributed by atoms with Crippen molar-refractivity contribution < 1.29 is 4.74 Å². The zero-order valence-corrected chi connectivity index (χ0v) is 5.31. The molecular formula is C5H14N2O. The first kappa shape index (κ1) is 7.88. The van der Waals surface area contributed by atoms with Gasteiger partial charge in [0, 0.05) is 19.7 Å². The van der Waals surface area contributed by atoms with Crippen LogP contribution in [0.4, 0.5) is 0 Å². The molecule has 0 saturated heterocycles. The first-order valence-electron chi connectivity index (χ1n) is 2.90. The molecule has 0 amide bonds. The first-order valence-corrected chi connectivity index (χ1v) is 2.90. The van der Waals surface area contributed by atoms with Crippen LogP contribution in [0.25, 0.3) is 0 Å². The molecule has 50 valence electrons. The molecule has 0 saturated carbocycles. The summed E-state index contributed by atoms with van der Waals surface area (Å²) in [5.41, 5.74) is 5.19. The van der Waals surface area contributed by atoms with Gasteiger partial charge in [0.1, 0.15) is 0 Å². The number of rotatable bonds is 5. The van der Waals surface area contributed by atoms with Gasteiger partial charge in [-0.2, -0.15) is 0 Å². The number of nitrogens with two attached hydrogens (primary N) is 1. The fourth-order valence-electron chi connectivity index (χ4n) is 0.348. The van der Waals surface area contributed by atoms with Crippen LogP contribution in [0.5, 0.6) is 0 Å². The van der Waals surface area contributed by atoms with Gasteiger partial charge in [0.05, 0.1) is 6.73 Å². The molecule has 0 unspecified atom stereocenters. The van der Waals surface area contributed by atoms with E-state index in [0.29, 0.717) is 13.3 Å². The average molecular weight is 118 g/mol. The number of nitrogens with one attached hydrogen (secondary N) is 1. The second-order valence-electron chi connectivity index (χ2n) is 1.43. The third-order valence-corrected chi connectivity index (χ3v) is 0.729. The Morgan fingerprint density at radius 3 is 2.88 bits per heavy atom. The van der Waals surface area contributed by atoms with Crippen molar-refractivity contribution in [3.63, 3.8) is 0 Å². The summed E-state index contributed by atoms with van der Waals surface area (Å²) in [6.07, 6.45) is 0. The van der Waals surface area contributed by atoms with Crippen LogP contribution in [0.15, 0.2) is 0 Å². The Balaban J connectivity index is 2.53. The fraction of sp³-hybridized carbons (Fsp3) is 1.00. The van der Waals surface area contributed by atoms with Crippen molar-refractivity contribution in [3.05, 3.63) is 0 Å². The van der Waals surface area contributed by atoms with Crippen LogP contribution in [-0.2, 0) is 4.74 Å². The van der Waals surface area contributed by atoms with E-state index in [4.69, 9.17) is 10.5 Å². The van der Waals surface area contributed by atoms with Gasteiger partial charge >= 0.3 is 0 Å². The molecule has 0 rings (SSSR count). The predicted octanol–water partition coefficient (Wildman–Crippen LogP) is -0.471. The third-order valence-electron chi connectivity index (χ3n) is 0.729. The van der Waals surface area contributed by atoms with Gasteiger partial charge in [0.25, 0.3) is 0 Å². The van der Waals surface area contributed by atoms with E-state index in [1.165, 1.54) is 0 Å². The zero-order chi connectivity index (χ0) is 6.24. The number of ether oxygens (including phenoxy) is 1. The summed E-state index contributed by atoms with van der Waals surface area (Å²) in [5, 5.41) is 2.99. The smallest absolute Gasteiger partial charge is 0.0965 e. The molecule has 0 aliphatic carbocycles. The standard InChI is InChI=1S/C5H14N2O/c1-2-8-5-7-4-3-6/h7H,2-6H2,1H3. The minimum Gasteiger partial charge on any atom is -0.367 e. The largest absolute Gasteiger partial charge is 0.367 e. The van der Waals surface area contributed by atoms with Gasteiger partial charge in [-0.1, -0.05) is 0 Å². The van der Waals surface area contributed by atoms with Crippen LogP contribution in [0.2, 0.25) is 0 Å². The maximum absolute atomic E-state index is 5.19. The summed E-state index contributed by atoms with van der Waals surface area (Å²) in [7, 11) is 0. The lowest BCUT2D eigenvalue weighted by atomic mass is 10.7. The Kier molecular flexibility index (Phi) is 6.78. The molecule has 8 heavy (non-hydrogen) atoms.